The summed E-state index contributed by atoms with van der Waals surface area (Å²) in [5.74, 6) is -1.26. The molecule has 1 rings (SSSR count). The largest absolute Gasteiger partial charge is 0.481 e. The Morgan fingerprint density at radius 1 is 1.56 bits per heavy atom. The molecular formula is C10H14N2O4. The van der Waals surface area contributed by atoms with E-state index in [1.807, 2.05) is 0 Å². The smallest absolute Gasteiger partial charge is 0.305 e. The average Bonchev–Trinajstić information content (AvgIpc) is 2.66. The number of hydrogen-bond acceptors (Lipinski definition) is 4. The number of amides is 1. The maximum atomic E-state index is 11.9. The van der Waals surface area contributed by atoms with Crippen molar-refractivity contribution in [3.8, 4) is 0 Å². The molecule has 0 fully saturated rings. The molecule has 1 aromatic heterocycles. The highest BCUT2D eigenvalue weighted by Crippen LogP contribution is 2.19. The lowest BCUT2D eigenvalue weighted by atomic mass is 9.98. The summed E-state index contributed by atoms with van der Waals surface area (Å²) >= 11 is 0. The summed E-state index contributed by atoms with van der Waals surface area (Å²) in [7, 11) is 1.55. The van der Waals surface area contributed by atoms with Crippen molar-refractivity contribution in [2.75, 3.05) is 7.05 Å². The van der Waals surface area contributed by atoms with Crippen LogP contribution in [0.5, 0.6) is 0 Å². The van der Waals surface area contributed by atoms with Gasteiger partial charge in [-0.2, -0.15) is 0 Å². The highest BCUT2D eigenvalue weighted by atomic mass is 16.5. The molecule has 0 bridgehead atoms. The molecule has 0 aromatic carbocycles. The summed E-state index contributed by atoms with van der Waals surface area (Å²) in [5.41, 5.74) is -0.457. The van der Waals surface area contributed by atoms with Gasteiger partial charge in [-0.25, -0.2) is 0 Å². The molecule has 0 unspecified atom stereocenters. The van der Waals surface area contributed by atoms with E-state index >= 15 is 0 Å². The van der Waals surface area contributed by atoms with Crippen LogP contribution in [0.2, 0.25) is 0 Å². The summed E-state index contributed by atoms with van der Waals surface area (Å²) in [6.07, 6.45) is 2.41. The van der Waals surface area contributed by atoms with Gasteiger partial charge in [-0.05, 0) is 13.8 Å². The Hall–Kier alpha value is -1.85. The van der Waals surface area contributed by atoms with E-state index in [-0.39, 0.29) is 12.3 Å². The maximum absolute atomic E-state index is 11.9. The number of carboxylic acids is 1. The van der Waals surface area contributed by atoms with Crippen LogP contribution in [0.3, 0.4) is 0 Å². The van der Waals surface area contributed by atoms with Crippen LogP contribution >= 0.6 is 0 Å². The van der Waals surface area contributed by atoms with Crippen LogP contribution in [-0.4, -0.2) is 39.6 Å². The van der Waals surface area contributed by atoms with Crippen molar-refractivity contribution in [3.05, 3.63) is 18.0 Å². The Labute approximate surface area is 92.8 Å². The first-order valence-electron chi connectivity index (χ1n) is 4.74. The van der Waals surface area contributed by atoms with Crippen LogP contribution in [0.15, 0.2) is 17.0 Å². The highest BCUT2D eigenvalue weighted by molar-refractivity contribution is 5.94. The van der Waals surface area contributed by atoms with Gasteiger partial charge in [-0.1, -0.05) is 5.16 Å². The first-order chi connectivity index (χ1) is 7.34. The van der Waals surface area contributed by atoms with Gasteiger partial charge >= 0.3 is 5.97 Å². The van der Waals surface area contributed by atoms with Gasteiger partial charge in [0.15, 0.2) is 0 Å². The molecular weight excluding hydrogens is 212 g/mol. The lowest BCUT2D eigenvalue weighted by Crippen LogP contribution is -2.46. The summed E-state index contributed by atoms with van der Waals surface area (Å²) in [6, 6.07) is 0. The molecule has 0 spiro atoms. The van der Waals surface area contributed by atoms with Crippen LogP contribution < -0.4 is 0 Å². The summed E-state index contributed by atoms with van der Waals surface area (Å²) in [5, 5.41) is 12.2. The van der Waals surface area contributed by atoms with Crippen molar-refractivity contribution in [2.45, 2.75) is 25.8 Å². The zero-order chi connectivity index (χ0) is 12.3. The molecule has 6 nitrogen and oxygen atoms in total. The second-order valence-corrected chi connectivity index (χ2v) is 4.16. The molecule has 1 N–H and O–H groups in total. The third-order valence-corrected chi connectivity index (χ3v) is 2.48. The quantitative estimate of drug-likeness (QED) is 0.827. The monoisotopic (exact) mass is 226 g/mol. The molecule has 1 heterocycles. The number of carboxylic acid groups (broad SMARTS) is 1. The minimum atomic E-state index is -0.949. The Balaban J connectivity index is 2.81. The van der Waals surface area contributed by atoms with Gasteiger partial charge in [0.05, 0.1) is 18.2 Å². The molecule has 16 heavy (non-hydrogen) atoms. The van der Waals surface area contributed by atoms with Crippen LogP contribution in [0.1, 0.15) is 30.6 Å². The first-order valence-corrected chi connectivity index (χ1v) is 4.74. The Morgan fingerprint density at radius 2 is 2.19 bits per heavy atom. The number of carbonyl (C=O) groups is 2. The number of rotatable bonds is 4. The van der Waals surface area contributed by atoms with E-state index < -0.39 is 11.5 Å². The lowest BCUT2D eigenvalue weighted by molar-refractivity contribution is -0.139. The highest BCUT2D eigenvalue weighted by Gasteiger charge is 2.31. The third kappa shape index (κ3) is 2.59. The molecule has 0 atom stereocenters. The SMILES string of the molecule is CN(C(=O)c1cnoc1)C(C)(C)CC(=O)O. The minimum Gasteiger partial charge on any atom is -0.481 e. The topological polar surface area (TPSA) is 83.6 Å². The zero-order valence-electron chi connectivity index (χ0n) is 9.43. The number of carbonyl (C=O) groups excluding carboxylic acids is 1. The maximum Gasteiger partial charge on any atom is 0.305 e. The Bertz CT molecular complexity index is 384. The van der Waals surface area contributed by atoms with Crippen molar-refractivity contribution in [3.63, 3.8) is 0 Å². The molecule has 0 aliphatic carbocycles. The minimum absolute atomic E-state index is 0.124. The van der Waals surface area contributed by atoms with Gasteiger partial charge in [0, 0.05) is 12.6 Å². The molecule has 0 saturated heterocycles. The number of nitrogens with zero attached hydrogens (tertiary/aromatic N) is 2. The van der Waals surface area contributed by atoms with Gasteiger partial charge < -0.3 is 14.5 Å². The number of aliphatic carboxylic acids is 1. The van der Waals surface area contributed by atoms with Crippen LogP contribution in [0.4, 0.5) is 0 Å². The number of aromatic nitrogens is 1. The fourth-order valence-corrected chi connectivity index (χ4v) is 1.27. The molecule has 1 amide bonds. The van der Waals surface area contributed by atoms with Gasteiger partial charge in [-0.15, -0.1) is 0 Å². The van der Waals surface area contributed by atoms with Crippen LogP contribution in [0.25, 0.3) is 0 Å². The molecule has 6 heteroatoms. The Kier molecular flexibility index (Phi) is 3.31. The predicted octanol–water partition coefficient (Wildman–Crippen LogP) is 1.000. The van der Waals surface area contributed by atoms with Crippen LogP contribution in [-0.2, 0) is 4.79 Å². The van der Waals surface area contributed by atoms with E-state index in [1.165, 1.54) is 17.4 Å². The summed E-state index contributed by atoms with van der Waals surface area (Å²) < 4.78 is 4.57. The van der Waals surface area contributed by atoms with E-state index in [0.717, 1.165) is 0 Å². The second-order valence-electron chi connectivity index (χ2n) is 4.16. The zero-order valence-corrected chi connectivity index (χ0v) is 9.43. The molecule has 0 aliphatic rings. The van der Waals surface area contributed by atoms with Gasteiger partial charge in [-0.3, -0.25) is 9.59 Å². The van der Waals surface area contributed by atoms with Gasteiger partial charge in [0.2, 0.25) is 0 Å². The van der Waals surface area contributed by atoms with E-state index in [1.54, 1.807) is 20.9 Å². The van der Waals surface area contributed by atoms with Gasteiger partial charge in [0.25, 0.3) is 5.91 Å². The summed E-state index contributed by atoms with van der Waals surface area (Å²) in [4.78, 5) is 23.9. The standard InChI is InChI=1S/C10H14N2O4/c1-10(2,4-8(13)14)12(3)9(15)7-5-11-16-6-7/h5-6H,4H2,1-3H3,(H,13,14). The fourth-order valence-electron chi connectivity index (χ4n) is 1.27. The second kappa shape index (κ2) is 4.34. The first kappa shape index (κ1) is 12.2. The molecule has 88 valence electrons. The molecule has 0 saturated carbocycles. The fraction of sp³-hybridized carbons (Fsp3) is 0.500. The van der Waals surface area contributed by atoms with E-state index in [0.29, 0.717) is 5.56 Å². The number of hydrogen-bond donors (Lipinski definition) is 1. The van der Waals surface area contributed by atoms with Crippen molar-refractivity contribution in [2.24, 2.45) is 0 Å². The van der Waals surface area contributed by atoms with Crippen molar-refractivity contribution < 1.29 is 19.2 Å². The van der Waals surface area contributed by atoms with E-state index in [4.69, 9.17) is 5.11 Å². The Morgan fingerprint density at radius 3 is 2.62 bits per heavy atom. The lowest BCUT2D eigenvalue weighted by Gasteiger charge is -2.34. The van der Waals surface area contributed by atoms with Crippen molar-refractivity contribution in [1.29, 1.82) is 0 Å². The molecule has 0 aliphatic heterocycles. The van der Waals surface area contributed by atoms with Crippen LogP contribution in [0, 0.1) is 0 Å². The van der Waals surface area contributed by atoms with Crippen molar-refractivity contribution in [1.82, 2.24) is 10.1 Å². The van der Waals surface area contributed by atoms with Crippen molar-refractivity contribution >= 4 is 11.9 Å². The molecule has 0 radical (unpaired) electrons. The predicted molar refractivity (Wildman–Crippen MR) is 54.9 cm³/mol. The third-order valence-electron chi connectivity index (χ3n) is 2.48. The molecule has 1 aromatic rings. The van der Waals surface area contributed by atoms with E-state index in [2.05, 4.69) is 9.68 Å². The normalized spacial score (nSPS) is 11.2. The average molecular weight is 226 g/mol. The van der Waals surface area contributed by atoms with Gasteiger partial charge in [0.1, 0.15) is 6.26 Å². The summed E-state index contributed by atoms with van der Waals surface area (Å²) in [6.45, 7) is 3.37. The van der Waals surface area contributed by atoms with E-state index in [9.17, 15) is 9.59 Å².